The zero-order valence-electron chi connectivity index (χ0n) is 48.8. The van der Waals surface area contributed by atoms with Gasteiger partial charge in [0.2, 0.25) is 23.4 Å². The van der Waals surface area contributed by atoms with Crippen LogP contribution in [0.5, 0.6) is 0 Å². The molecule has 13 heteroatoms. The van der Waals surface area contributed by atoms with E-state index in [1.54, 1.807) is 9.80 Å². The lowest BCUT2D eigenvalue weighted by molar-refractivity contribution is -0.148. The number of piperidine rings is 2. The van der Waals surface area contributed by atoms with Crippen molar-refractivity contribution in [3.05, 3.63) is 0 Å². The summed E-state index contributed by atoms with van der Waals surface area (Å²) in [5.41, 5.74) is 4.04. The van der Waals surface area contributed by atoms with Crippen molar-refractivity contribution in [2.75, 3.05) is 13.1 Å². The van der Waals surface area contributed by atoms with Crippen molar-refractivity contribution in [1.29, 1.82) is 0 Å². The van der Waals surface area contributed by atoms with Crippen LogP contribution in [0.15, 0.2) is 0 Å². The van der Waals surface area contributed by atoms with Crippen molar-refractivity contribution >= 4 is 58.2 Å². The average molecular weight is 1030 g/mol. The van der Waals surface area contributed by atoms with E-state index in [1.165, 1.54) is 6.92 Å². The fraction of sp³-hybridized carbons (Fsp3) is 0.836. The van der Waals surface area contributed by atoms with Crippen LogP contribution in [-0.2, 0) is 47.9 Å². The molecular weight excluding hydrogens is 935 g/mol. The molecule has 6 rings (SSSR count). The lowest BCUT2D eigenvalue weighted by Gasteiger charge is -2.38. The van der Waals surface area contributed by atoms with Gasteiger partial charge in [-0.05, 0) is 80.8 Å². The van der Waals surface area contributed by atoms with Gasteiger partial charge in [-0.25, -0.2) is 0 Å². The predicted octanol–water partition coefficient (Wildman–Crippen LogP) is 9.80. The van der Waals surface area contributed by atoms with Crippen LogP contribution in [0.25, 0.3) is 0 Å². The molecule has 4 saturated carbocycles. The second-order valence-corrected chi connectivity index (χ2v) is 30.0. The normalized spacial score (nSPS) is 26.6. The molecule has 0 aromatic heterocycles. The molecule has 2 aliphatic heterocycles. The van der Waals surface area contributed by atoms with E-state index < -0.39 is 69.8 Å². The first-order valence-corrected chi connectivity index (χ1v) is 28.3. The van der Waals surface area contributed by atoms with Crippen molar-refractivity contribution in [3.63, 3.8) is 0 Å². The number of hydrogen-bond donors (Lipinski definition) is 1. The van der Waals surface area contributed by atoms with E-state index >= 15 is 0 Å². The van der Waals surface area contributed by atoms with Crippen LogP contribution in [0.2, 0.25) is 0 Å². The van der Waals surface area contributed by atoms with Gasteiger partial charge in [-0.15, -0.1) is 0 Å². The molecule has 2 saturated heterocycles. The molecule has 3 amide bonds. The second-order valence-electron chi connectivity index (χ2n) is 30.0. The number of hydrogen-bond acceptors (Lipinski definition) is 10. The molecule has 0 bridgehead atoms. The first-order chi connectivity index (χ1) is 33.7. The Morgan fingerprint density at radius 3 is 1.09 bits per heavy atom. The van der Waals surface area contributed by atoms with Gasteiger partial charge in [-0.2, -0.15) is 0 Å². The first kappa shape index (κ1) is 61.0. The number of rotatable bonds is 22. The SMILES string of the molecule is CC(=O)C(=O)[C@@H](CC(=O)[C@@H]1[C@@H]2[C@H](CN1C(=O)[C@@H](CC(=O)CC(C)(C)C)C(C)(C)C)C2(C)C)CC1CCC1.CC(C)(C)CC(=O)C[C@H](C(=O)N1C[C@H]2[C@@H]([C@H]1C(=O)C[C@H](CC1CCC1)C(=O)C(N)=O)C2(C)C)C(C)(C)C. The van der Waals surface area contributed by atoms with Gasteiger partial charge in [0.15, 0.2) is 17.3 Å². The van der Waals surface area contributed by atoms with Crippen LogP contribution in [0, 0.1) is 91.7 Å². The Morgan fingerprint density at radius 2 is 0.838 bits per heavy atom. The monoisotopic (exact) mass is 1030 g/mol. The van der Waals surface area contributed by atoms with Crippen LogP contribution in [-0.4, -0.2) is 93.2 Å². The molecule has 13 nitrogen and oxygen atoms in total. The number of nitrogens with zero attached hydrogens (tertiary/aromatic N) is 2. The average Bonchev–Trinajstić information content (AvgIpc) is 3.66. The molecule has 0 aromatic carbocycles. The third-order valence-corrected chi connectivity index (χ3v) is 18.6. The van der Waals surface area contributed by atoms with E-state index in [4.69, 9.17) is 5.73 Å². The fourth-order valence-corrected chi connectivity index (χ4v) is 13.5. The molecule has 6 fully saturated rings. The Balaban J connectivity index is 0.000000274. The predicted molar refractivity (Wildman–Crippen MR) is 286 cm³/mol. The van der Waals surface area contributed by atoms with Crippen LogP contribution < -0.4 is 5.73 Å². The van der Waals surface area contributed by atoms with Crippen LogP contribution >= 0.6 is 0 Å². The maximum absolute atomic E-state index is 14.0. The van der Waals surface area contributed by atoms with Crippen molar-refractivity contribution in [2.45, 2.75) is 220 Å². The van der Waals surface area contributed by atoms with E-state index in [2.05, 4.69) is 27.7 Å². The van der Waals surface area contributed by atoms with Crippen molar-refractivity contribution in [3.8, 4) is 0 Å². The molecule has 74 heavy (non-hydrogen) atoms. The van der Waals surface area contributed by atoms with Gasteiger partial charge in [0.25, 0.3) is 5.91 Å². The molecular formula is C61H97N3O10. The van der Waals surface area contributed by atoms with E-state index in [0.29, 0.717) is 50.6 Å². The summed E-state index contributed by atoms with van der Waals surface area (Å²) in [5.74, 6) is -4.09. The van der Waals surface area contributed by atoms with E-state index in [0.717, 1.165) is 38.5 Å². The van der Waals surface area contributed by atoms with E-state index in [9.17, 15) is 47.9 Å². The number of Topliss-reactive ketones (excluding diaryl/α,β-unsaturated/α-hetero) is 7. The van der Waals surface area contributed by atoms with Crippen molar-refractivity contribution < 1.29 is 47.9 Å². The number of likely N-dealkylation sites (tertiary alicyclic amines) is 2. The summed E-state index contributed by atoms with van der Waals surface area (Å²) in [6.07, 6.45) is 8.46. The van der Waals surface area contributed by atoms with Gasteiger partial charge in [-0.1, -0.05) is 149 Å². The summed E-state index contributed by atoms with van der Waals surface area (Å²) < 4.78 is 0. The number of ketones is 7. The third-order valence-electron chi connectivity index (χ3n) is 18.6. The highest BCUT2D eigenvalue weighted by molar-refractivity contribution is 6.37. The highest BCUT2D eigenvalue weighted by Crippen LogP contribution is 2.66. The minimum Gasteiger partial charge on any atom is -0.363 e. The third kappa shape index (κ3) is 14.4. The molecule has 10 atom stereocenters. The molecule has 2 heterocycles. The van der Waals surface area contributed by atoms with Gasteiger partial charge < -0.3 is 15.5 Å². The van der Waals surface area contributed by atoms with E-state index in [1.807, 2.05) is 83.1 Å². The molecule has 0 unspecified atom stereocenters. The summed E-state index contributed by atoms with van der Waals surface area (Å²) in [7, 11) is 0. The van der Waals surface area contributed by atoms with Crippen LogP contribution in [0.3, 0.4) is 0 Å². The van der Waals surface area contributed by atoms with Gasteiger partial charge in [0.1, 0.15) is 11.6 Å². The fourth-order valence-electron chi connectivity index (χ4n) is 13.5. The van der Waals surface area contributed by atoms with Crippen molar-refractivity contribution in [2.24, 2.45) is 97.4 Å². The zero-order valence-corrected chi connectivity index (χ0v) is 48.8. The van der Waals surface area contributed by atoms with Crippen molar-refractivity contribution in [1.82, 2.24) is 9.80 Å². The largest absolute Gasteiger partial charge is 0.363 e. The number of amides is 3. The molecule has 2 N–H and O–H groups in total. The lowest BCUT2D eigenvalue weighted by atomic mass is 9.74. The standard InChI is InChI=1S/C31H49NO5.C30H48N2O5/c1-18(33)27(36)20(13-19-11-10-12-19)14-24(35)26-25-23(31(25,8)9)17-32(26)28(37)22(30(5,6)7)15-21(34)16-29(2,3)4;1-28(2,3)15-19(33)14-20(29(4,5)6)27(37)32-16-21-23(30(21,7)8)24(32)22(34)13-18(25(35)26(31)36)12-17-10-9-11-17/h19-20,22-23,25-26H,10-17H2,1-9H3;17-18,20-21,23-24H,9-16H2,1-8H3,(H2,31,36)/t20-,22-,23+,25+,26-;18-,20+,21-,23-,24+/m10/s1. The van der Waals surface area contributed by atoms with Crippen LogP contribution in [0.1, 0.15) is 208 Å². The Hall–Kier alpha value is -3.90. The molecule has 0 spiro atoms. The van der Waals surface area contributed by atoms with Crippen LogP contribution in [0.4, 0.5) is 0 Å². The van der Waals surface area contributed by atoms with Gasteiger partial charge in [0.05, 0.1) is 12.1 Å². The highest BCUT2D eigenvalue weighted by atomic mass is 16.2. The second kappa shape index (κ2) is 22.2. The lowest BCUT2D eigenvalue weighted by Crippen LogP contribution is -2.51. The highest BCUT2D eigenvalue weighted by Gasteiger charge is 2.71. The first-order valence-electron chi connectivity index (χ1n) is 28.3. The molecule has 4 aliphatic carbocycles. The minimum absolute atomic E-state index is 0.0196. The summed E-state index contributed by atoms with van der Waals surface area (Å²) in [6, 6.07) is -1.21. The number of carbonyl (C=O) groups excluding carboxylic acids is 10. The zero-order chi connectivity index (χ0) is 56.2. The van der Waals surface area contributed by atoms with Gasteiger partial charge in [0, 0.05) is 82.2 Å². The van der Waals surface area contributed by atoms with E-state index in [-0.39, 0.29) is 106 Å². The number of primary amides is 1. The Kier molecular flexibility index (Phi) is 18.3. The molecule has 0 radical (unpaired) electrons. The number of fused-ring (bicyclic) bond motifs is 2. The Bertz CT molecular complexity index is 2050. The summed E-state index contributed by atoms with van der Waals surface area (Å²) in [6.45, 7) is 34.8. The molecule has 416 valence electrons. The number of carbonyl (C=O) groups is 10. The smallest absolute Gasteiger partial charge is 0.285 e. The molecule has 0 aromatic rings. The Morgan fingerprint density at radius 1 is 0.514 bits per heavy atom. The molecule has 6 aliphatic rings. The van der Waals surface area contributed by atoms with Gasteiger partial charge in [-0.3, -0.25) is 47.9 Å². The minimum atomic E-state index is -0.994. The number of nitrogens with two attached hydrogens (primary N) is 1. The Labute approximate surface area is 444 Å². The summed E-state index contributed by atoms with van der Waals surface area (Å²) in [5, 5.41) is 0. The summed E-state index contributed by atoms with van der Waals surface area (Å²) in [4.78, 5) is 134. The topological polar surface area (TPSA) is 203 Å². The maximum atomic E-state index is 14.0. The summed E-state index contributed by atoms with van der Waals surface area (Å²) >= 11 is 0. The quantitative estimate of drug-likeness (QED) is 0.102. The maximum Gasteiger partial charge on any atom is 0.285 e. The van der Waals surface area contributed by atoms with Gasteiger partial charge >= 0.3 is 0 Å².